The molecule has 1 aromatic rings. The van der Waals surface area contributed by atoms with Crippen molar-refractivity contribution >= 4 is 15.5 Å². The maximum absolute atomic E-state index is 11.5. The van der Waals surface area contributed by atoms with Crippen LogP contribution in [0.3, 0.4) is 0 Å². The van der Waals surface area contributed by atoms with Crippen molar-refractivity contribution in [3.63, 3.8) is 0 Å². The van der Waals surface area contributed by atoms with Crippen molar-refractivity contribution in [2.24, 2.45) is 5.11 Å². The zero-order valence-electron chi connectivity index (χ0n) is 7.58. The van der Waals surface area contributed by atoms with Crippen LogP contribution in [-0.2, 0) is 9.84 Å². The average Bonchev–Trinajstić information content (AvgIpc) is 2.19. The summed E-state index contributed by atoms with van der Waals surface area (Å²) >= 11 is 0. The molecule has 0 fully saturated rings. The molecule has 0 unspecified atom stereocenters. The van der Waals surface area contributed by atoms with Gasteiger partial charge in [-0.2, -0.15) is 0 Å². The Bertz CT molecular complexity index is 475. The summed E-state index contributed by atoms with van der Waals surface area (Å²) < 4.78 is 23.0. The van der Waals surface area contributed by atoms with Crippen LogP contribution in [0.2, 0.25) is 0 Å². The van der Waals surface area contributed by atoms with E-state index in [1.54, 1.807) is 19.1 Å². The van der Waals surface area contributed by atoms with Gasteiger partial charge in [0.05, 0.1) is 16.3 Å². The van der Waals surface area contributed by atoms with Gasteiger partial charge in [-0.1, -0.05) is 30.2 Å². The molecule has 0 aliphatic carbocycles. The molecule has 1 rings (SSSR count). The van der Waals surface area contributed by atoms with E-state index < -0.39 is 9.84 Å². The largest absolute Gasteiger partial charge is 0.224 e. The SMILES string of the molecule is CCS(=O)(=O)c1ccccc1N=[N+]=[N-]. The Morgan fingerprint density at radius 2 is 2.07 bits per heavy atom. The summed E-state index contributed by atoms with van der Waals surface area (Å²) in [5.41, 5.74) is 8.40. The van der Waals surface area contributed by atoms with Gasteiger partial charge >= 0.3 is 0 Å². The van der Waals surface area contributed by atoms with Crippen LogP contribution in [0.5, 0.6) is 0 Å². The topological polar surface area (TPSA) is 82.9 Å². The molecule has 0 aliphatic rings. The van der Waals surface area contributed by atoms with E-state index in [1.165, 1.54) is 12.1 Å². The molecule has 0 saturated carbocycles. The van der Waals surface area contributed by atoms with Crippen molar-refractivity contribution in [1.82, 2.24) is 0 Å². The molecular weight excluding hydrogens is 202 g/mol. The summed E-state index contributed by atoms with van der Waals surface area (Å²) in [5.74, 6) is -0.00897. The van der Waals surface area contributed by atoms with Gasteiger partial charge in [-0.15, -0.1) is 0 Å². The van der Waals surface area contributed by atoms with Crippen molar-refractivity contribution in [2.75, 3.05) is 5.75 Å². The molecule has 0 aromatic heterocycles. The number of hydrogen-bond donors (Lipinski definition) is 0. The van der Waals surface area contributed by atoms with Crippen molar-refractivity contribution in [3.05, 3.63) is 34.7 Å². The van der Waals surface area contributed by atoms with Crippen molar-refractivity contribution in [3.8, 4) is 0 Å². The fraction of sp³-hybridized carbons (Fsp3) is 0.250. The van der Waals surface area contributed by atoms with Gasteiger partial charge in [0.2, 0.25) is 0 Å². The highest BCUT2D eigenvalue weighted by atomic mass is 32.2. The molecule has 6 heteroatoms. The lowest BCUT2D eigenvalue weighted by molar-refractivity contribution is 0.597. The number of azide groups is 1. The molecule has 0 aliphatic heterocycles. The maximum atomic E-state index is 11.5. The van der Waals surface area contributed by atoms with E-state index in [2.05, 4.69) is 10.0 Å². The Kier molecular flexibility index (Phi) is 3.11. The molecule has 5 nitrogen and oxygen atoms in total. The van der Waals surface area contributed by atoms with Crippen LogP contribution in [-0.4, -0.2) is 14.2 Å². The van der Waals surface area contributed by atoms with Crippen LogP contribution in [0.25, 0.3) is 10.4 Å². The van der Waals surface area contributed by atoms with Crippen LogP contribution in [0.4, 0.5) is 5.69 Å². The zero-order valence-corrected chi connectivity index (χ0v) is 8.40. The van der Waals surface area contributed by atoms with Gasteiger partial charge in [0.1, 0.15) is 0 Å². The molecule has 74 valence electrons. The average molecular weight is 211 g/mol. The van der Waals surface area contributed by atoms with E-state index in [-0.39, 0.29) is 16.3 Å². The fourth-order valence-electron chi connectivity index (χ4n) is 1.01. The van der Waals surface area contributed by atoms with Gasteiger partial charge in [0.15, 0.2) is 9.84 Å². The Morgan fingerprint density at radius 1 is 1.43 bits per heavy atom. The molecule has 0 radical (unpaired) electrons. The number of hydrogen-bond acceptors (Lipinski definition) is 3. The van der Waals surface area contributed by atoms with E-state index in [0.29, 0.717) is 0 Å². The van der Waals surface area contributed by atoms with Crippen molar-refractivity contribution < 1.29 is 8.42 Å². The van der Waals surface area contributed by atoms with Gasteiger partial charge in [0, 0.05) is 4.91 Å². The first-order valence-corrected chi connectivity index (χ1v) is 5.64. The second-order valence-corrected chi connectivity index (χ2v) is 4.81. The van der Waals surface area contributed by atoms with Crippen molar-refractivity contribution in [1.29, 1.82) is 0 Å². The summed E-state index contributed by atoms with van der Waals surface area (Å²) in [6.45, 7) is 1.54. The minimum atomic E-state index is -3.32. The summed E-state index contributed by atoms with van der Waals surface area (Å²) in [6.07, 6.45) is 0. The lowest BCUT2D eigenvalue weighted by Crippen LogP contribution is -2.03. The smallest absolute Gasteiger partial charge is 0.178 e. The monoisotopic (exact) mass is 211 g/mol. The first kappa shape index (κ1) is 10.6. The minimum absolute atomic E-state index is 0.00897. The van der Waals surface area contributed by atoms with Gasteiger partial charge in [-0.3, -0.25) is 0 Å². The number of nitrogens with zero attached hydrogens (tertiary/aromatic N) is 3. The zero-order chi connectivity index (χ0) is 10.6. The summed E-state index contributed by atoms with van der Waals surface area (Å²) in [7, 11) is -3.32. The van der Waals surface area contributed by atoms with Crippen LogP contribution in [0.1, 0.15) is 6.92 Å². The summed E-state index contributed by atoms with van der Waals surface area (Å²) in [4.78, 5) is 2.66. The number of benzene rings is 1. The van der Waals surface area contributed by atoms with E-state index in [9.17, 15) is 8.42 Å². The lowest BCUT2D eigenvalue weighted by atomic mass is 10.3. The second-order valence-electron chi connectivity index (χ2n) is 2.56. The predicted octanol–water partition coefficient (Wildman–Crippen LogP) is 2.42. The van der Waals surface area contributed by atoms with Gasteiger partial charge in [0.25, 0.3) is 0 Å². The fourth-order valence-corrected chi connectivity index (χ4v) is 2.03. The minimum Gasteiger partial charge on any atom is -0.224 e. The molecule has 0 spiro atoms. The molecule has 0 amide bonds. The Hall–Kier alpha value is -1.52. The van der Waals surface area contributed by atoms with E-state index in [4.69, 9.17) is 5.53 Å². The molecule has 0 atom stereocenters. The first-order valence-electron chi connectivity index (χ1n) is 3.98. The van der Waals surface area contributed by atoms with Crippen molar-refractivity contribution in [2.45, 2.75) is 11.8 Å². The molecule has 0 heterocycles. The molecule has 0 N–H and O–H groups in total. The highest BCUT2D eigenvalue weighted by Gasteiger charge is 2.14. The molecule has 0 bridgehead atoms. The van der Waals surface area contributed by atoms with Crippen LogP contribution < -0.4 is 0 Å². The van der Waals surface area contributed by atoms with Crippen LogP contribution in [0, 0.1) is 0 Å². The van der Waals surface area contributed by atoms with Crippen LogP contribution in [0.15, 0.2) is 34.3 Å². The Balaban J connectivity index is 3.41. The lowest BCUT2D eigenvalue weighted by Gasteiger charge is -2.03. The first-order chi connectivity index (χ1) is 6.61. The predicted molar refractivity (Wildman–Crippen MR) is 53.0 cm³/mol. The maximum Gasteiger partial charge on any atom is 0.178 e. The summed E-state index contributed by atoms with van der Waals surface area (Å²) in [5, 5.41) is 3.32. The Morgan fingerprint density at radius 3 is 2.64 bits per heavy atom. The van der Waals surface area contributed by atoms with E-state index in [1.807, 2.05) is 0 Å². The standard InChI is InChI=1S/C8H9N3O2S/c1-2-14(12,13)8-6-4-3-5-7(8)10-11-9/h3-6H,2H2,1H3. The third kappa shape index (κ3) is 2.04. The molecule has 14 heavy (non-hydrogen) atoms. The number of sulfone groups is 1. The van der Waals surface area contributed by atoms with Gasteiger partial charge < -0.3 is 0 Å². The van der Waals surface area contributed by atoms with E-state index in [0.717, 1.165) is 0 Å². The Labute approximate surface area is 81.9 Å². The summed E-state index contributed by atoms with van der Waals surface area (Å²) in [6, 6.07) is 6.13. The quantitative estimate of drug-likeness (QED) is 0.437. The second kappa shape index (κ2) is 4.13. The van der Waals surface area contributed by atoms with E-state index >= 15 is 0 Å². The highest BCUT2D eigenvalue weighted by Crippen LogP contribution is 2.24. The highest BCUT2D eigenvalue weighted by molar-refractivity contribution is 7.91. The third-order valence-corrected chi connectivity index (χ3v) is 3.51. The van der Waals surface area contributed by atoms with Crippen LogP contribution >= 0.6 is 0 Å². The molecule has 0 saturated heterocycles. The number of rotatable bonds is 3. The van der Waals surface area contributed by atoms with Gasteiger partial charge in [-0.25, -0.2) is 8.42 Å². The normalized spacial score (nSPS) is 10.6. The van der Waals surface area contributed by atoms with Gasteiger partial charge in [-0.05, 0) is 11.6 Å². The third-order valence-electron chi connectivity index (χ3n) is 1.73. The molecular formula is C8H9N3O2S. The molecule has 1 aromatic carbocycles.